The number of rotatable bonds is 10. The highest BCUT2D eigenvalue weighted by Crippen LogP contribution is 1.99. The minimum Gasteiger partial charge on any atom is -0.379 e. The molecular formula is C14H31NO3. The van der Waals surface area contributed by atoms with Crippen molar-refractivity contribution in [2.45, 2.75) is 40.2 Å². The van der Waals surface area contributed by atoms with Gasteiger partial charge in [-0.15, -0.1) is 0 Å². The lowest BCUT2D eigenvalue weighted by Gasteiger charge is -2.26. The molecular weight excluding hydrogens is 230 g/mol. The van der Waals surface area contributed by atoms with Crippen LogP contribution in [0.4, 0.5) is 0 Å². The van der Waals surface area contributed by atoms with Crippen LogP contribution < -0.4 is 5.32 Å². The van der Waals surface area contributed by atoms with E-state index in [1.807, 2.05) is 13.8 Å². The highest BCUT2D eigenvalue weighted by molar-refractivity contribution is 4.74. The summed E-state index contributed by atoms with van der Waals surface area (Å²) in [7, 11) is 0. The quantitative estimate of drug-likeness (QED) is 0.611. The smallest absolute Gasteiger partial charge is 0.0824 e. The van der Waals surface area contributed by atoms with Crippen molar-refractivity contribution in [3.05, 3.63) is 0 Å². The third-order valence-electron chi connectivity index (χ3n) is 2.54. The minimum absolute atomic E-state index is 0.408. The highest BCUT2D eigenvalue weighted by atomic mass is 16.5. The second kappa shape index (κ2) is 13.3. The molecule has 0 amide bonds. The molecule has 1 aliphatic heterocycles. The number of ether oxygens (including phenoxy) is 3. The van der Waals surface area contributed by atoms with Crippen LogP contribution in [0, 0.1) is 5.92 Å². The topological polar surface area (TPSA) is 39.7 Å². The van der Waals surface area contributed by atoms with Gasteiger partial charge in [0.2, 0.25) is 0 Å². The van der Waals surface area contributed by atoms with Crippen molar-refractivity contribution in [1.29, 1.82) is 0 Å². The Labute approximate surface area is 112 Å². The summed E-state index contributed by atoms with van der Waals surface area (Å²) in [6.45, 7) is 13.9. The fourth-order valence-corrected chi connectivity index (χ4v) is 1.29. The van der Waals surface area contributed by atoms with Crippen LogP contribution in [0.1, 0.15) is 34.1 Å². The Morgan fingerprint density at radius 3 is 2.00 bits per heavy atom. The van der Waals surface area contributed by atoms with Crippen LogP contribution in [0.2, 0.25) is 0 Å². The van der Waals surface area contributed by atoms with Gasteiger partial charge in [0.25, 0.3) is 0 Å². The molecule has 18 heavy (non-hydrogen) atoms. The van der Waals surface area contributed by atoms with Gasteiger partial charge >= 0.3 is 0 Å². The molecule has 110 valence electrons. The Morgan fingerprint density at radius 2 is 1.50 bits per heavy atom. The summed E-state index contributed by atoms with van der Waals surface area (Å²) in [5.74, 6) is 0.713. The van der Waals surface area contributed by atoms with Crippen LogP contribution in [0.5, 0.6) is 0 Å². The summed E-state index contributed by atoms with van der Waals surface area (Å²) < 4.78 is 16.3. The summed E-state index contributed by atoms with van der Waals surface area (Å²) >= 11 is 0. The van der Waals surface area contributed by atoms with Gasteiger partial charge in [0.1, 0.15) is 0 Å². The predicted molar refractivity (Wildman–Crippen MR) is 75.1 cm³/mol. The average molecular weight is 261 g/mol. The molecule has 1 heterocycles. The Hall–Kier alpha value is -0.160. The summed E-state index contributed by atoms with van der Waals surface area (Å²) in [6.07, 6.45) is 1.53. The summed E-state index contributed by atoms with van der Waals surface area (Å²) in [4.78, 5) is 0. The highest BCUT2D eigenvalue weighted by Gasteiger charge is 2.16. The third-order valence-corrected chi connectivity index (χ3v) is 2.54. The van der Waals surface area contributed by atoms with Gasteiger partial charge in [0, 0.05) is 19.7 Å². The lowest BCUT2D eigenvalue weighted by Crippen LogP contribution is -2.48. The molecule has 1 aliphatic rings. The second-order valence-electron chi connectivity index (χ2n) is 4.56. The lowest BCUT2D eigenvalue weighted by molar-refractivity contribution is -0.0274. The van der Waals surface area contributed by atoms with Gasteiger partial charge in [0.05, 0.1) is 32.5 Å². The SMILES string of the molecule is CC.CC(C)CCOCCOCCOC1CNC1. The number of hydrogen-bond donors (Lipinski definition) is 1. The molecule has 0 saturated carbocycles. The second-order valence-corrected chi connectivity index (χ2v) is 4.56. The zero-order valence-electron chi connectivity index (χ0n) is 12.5. The maximum atomic E-state index is 5.51. The van der Waals surface area contributed by atoms with Crippen molar-refractivity contribution in [2.75, 3.05) is 46.1 Å². The van der Waals surface area contributed by atoms with E-state index in [4.69, 9.17) is 14.2 Å². The summed E-state index contributed by atoms with van der Waals surface area (Å²) in [5.41, 5.74) is 0. The Balaban J connectivity index is 0.00000137. The molecule has 0 aromatic carbocycles. The van der Waals surface area contributed by atoms with E-state index in [0.29, 0.717) is 38.4 Å². The van der Waals surface area contributed by atoms with E-state index in [1.54, 1.807) is 0 Å². The first-order chi connectivity index (χ1) is 8.79. The van der Waals surface area contributed by atoms with E-state index < -0.39 is 0 Å². The van der Waals surface area contributed by atoms with E-state index in [-0.39, 0.29) is 0 Å². The lowest BCUT2D eigenvalue weighted by atomic mass is 10.1. The van der Waals surface area contributed by atoms with Crippen molar-refractivity contribution in [2.24, 2.45) is 5.92 Å². The van der Waals surface area contributed by atoms with E-state index >= 15 is 0 Å². The molecule has 0 aliphatic carbocycles. The molecule has 1 N–H and O–H groups in total. The van der Waals surface area contributed by atoms with Crippen molar-refractivity contribution >= 4 is 0 Å². The summed E-state index contributed by atoms with van der Waals surface area (Å²) in [6, 6.07) is 0. The maximum Gasteiger partial charge on any atom is 0.0824 e. The number of nitrogens with one attached hydrogen (secondary N) is 1. The maximum absolute atomic E-state index is 5.51. The van der Waals surface area contributed by atoms with Crippen LogP contribution in [0.15, 0.2) is 0 Å². The Morgan fingerprint density at radius 1 is 0.944 bits per heavy atom. The summed E-state index contributed by atoms with van der Waals surface area (Å²) in [5, 5.41) is 3.16. The molecule has 0 radical (unpaired) electrons. The molecule has 0 atom stereocenters. The zero-order chi connectivity index (χ0) is 13.6. The molecule has 4 nitrogen and oxygen atoms in total. The van der Waals surface area contributed by atoms with E-state index in [1.165, 1.54) is 0 Å². The molecule has 0 aromatic heterocycles. The molecule has 0 spiro atoms. The fraction of sp³-hybridized carbons (Fsp3) is 1.00. The van der Waals surface area contributed by atoms with Crippen molar-refractivity contribution < 1.29 is 14.2 Å². The standard InChI is InChI=1S/C12H25NO3.C2H6/c1-11(2)3-4-14-5-6-15-7-8-16-12-9-13-10-12;1-2/h11-13H,3-10H2,1-2H3;1-2H3. The normalized spacial score (nSPS) is 15.2. The molecule has 1 saturated heterocycles. The first-order valence-corrected chi connectivity index (χ1v) is 7.27. The largest absolute Gasteiger partial charge is 0.379 e. The fourth-order valence-electron chi connectivity index (χ4n) is 1.29. The van der Waals surface area contributed by atoms with Gasteiger partial charge in [-0.05, 0) is 12.3 Å². The first kappa shape index (κ1) is 17.8. The van der Waals surface area contributed by atoms with Gasteiger partial charge in [-0.25, -0.2) is 0 Å². The van der Waals surface area contributed by atoms with Crippen LogP contribution in [-0.4, -0.2) is 52.2 Å². The van der Waals surface area contributed by atoms with Crippen molar-refractivity contribution in [3.63, 3.8) is 0 Å². The van der Waals surface area contributed by atoms with Gasteiger partial charge in [0.15, 0.2) is 0 Å². The van der Waals surface area contributed by atoms with Gasteiger partial charge in [-0.2, -0.15) is 0 Å². The van der Waals surface area contributed by atoms with Gasteiger partial charge in [-0.1, -0.05) is 27.7 Å². The molecule has 1 rings (SSSR count). The monoisotopic (exact) mass is 261 g/mol. The number of hydrogen-bond acceptors (Lipinski definition) is 4. The van der Waals surface area contributed by atoms with E-state index in [9.17, 15) is 0 Å². The Kier molecular flexibility index (Phi) is 13.2. The van der Waals surface area contributed by atoms with E-state index in [0.717, 1.165) is 26.1 Å². The van der Waals surface area contributed by atoms with Crippen molar-refractivity contribution in [1.82, 2.24) is 5.32 Å². The van der Waals surface area contributed by atoms with Crippen LogP contribution >= 0.6 is 0 Å². The van der Waals surface area contributed by atoms with Gasteiger partial charge in [-0.3, -0.25) is 0 Å². The van der Waals surface area contributed by atoms with E-state index in [2.05, 4.69) is 19.2 Å². The average Bonchev–Trinajstić information content (AvgIpc) is 2.31. The van der Waals surface area contributed by atoms with Crippen LogP contribution in [0.3, 0.4) is 0 Å². The molecule has 1 fully saturated rings. The van der Waals surface area contributed by atoms with Crippen LogP contribution in [0.25, 0.3) is 0 Å². The van der Waals surface area contributed by atoms with Crippen LogP contribution in [-0.2, 0) is 14.2 Å². The minimum atomic E-state index is 0.408. The predicted octanol–water partition coefficient (Wildman–Crippen LogP) is 2.08. The Bertz CT molecular complexity index is 161. The molecule has 0 aromatic rings. The molecule has 0 unspecified atom stereocenters. The first-order valence-electron chi connectivity index (χ1n) is 7.27. The molecule has 0 bridgehead atoms. The molecule has 4 heteroatoms. The van der Waals surface area contributed by atoms with Crippen molar-refractivity contribution in [3.8, 4) is 0 Å². The van der Waals surface area contributed by atoms with Gasteiger partial charge < -0.3 is 19.5 Å². The zero-order valence-corrected chi connectivity index (χ0v) is 12.5. The third kappa shape index (κ3) is 11.0.